The van der Waals surface area contributed by atoms with Crippen LogP contribution in [0.15, 0.2) is 42.5 Å². The first-order valence-electron chi connectivity index (χ1n) is 8.52. The van der Waals surface area contributed by atoms with E-state index in [0.29, 0.717) is 22.9 Å². The van der Waals surface area contributed by atoms with Crippen LogP contribution in [0.4, 0.5) is 11.4 Å². The molecule has 0 spiro atoms. The number of benzene rings is 2. The molecule has 2 atom stereocenters. The Morgan fingerprint density at radius 1 is 1.04 bits per heavy atom. The predicted octanol–water partition coefficient (Wildman–Crippen LogP) is 3.24. The van der Waals surface area contributed by atoms with Gasteiger partial charge in [-0.1, -0.05) is 6.92 Å². The zero-order chi connectivity index (χ0) is 19.6. The van der Waals surface area contributed by atoms with Gasteiger partial charge in [0.05, 0.1) is 7.11 Å². The number of nitrogens with one attached hydrogen (secondary N) is 2. The molecule has 0 heterocycles. The third-order valence-corrected chi connectivity index (χ3v) is 4.55. The SMILES string of the molecule is COc1cc(NC(=O)c2ccc(NC(=O)C3CC3C)cc2)ccc1C(=O)O. The average molecular weight is 368 g/mol. The molecule has 3 N–H and O–H groups in total. The molecule has 0 bridgehead atoms. The molecule has 27 heavy (non-hydrogen) atoms. The number of carboxylic acids is 1. The summed E-state index contributed by atoms with van der Waals surface area (Å²) in [4.78, 5) is 35.4. The average Bonchev–Trinajstić information content (AvgIpc) is 3.38. The fraction of sp³-hybridized carbons (Fsp3) is 0.250. The zero-order valence-corrected chi connectivity index (χ0v) is 15.0. The van der Waals surface area contributed by atoms with E-state index in [1.807, 2.05) is 6.92 Å². The van der Waals surface area contributed by atoms with E-state index in [1.54, 1.807) is 24.3 Å². The normalized spacial score (nSPS) is 17.7. The van der Waals surface area contributed by atoms with Crippen molar-refractivity contribution in [3.63, 3.8) is 0 Å². The smallest absolute Gasteiger partial charge is 0.339 e. The summed E-state index contributed by atoms with van der Waals surface area (Å²) < 4.78 is 5.05. The molecule has 2 unspecified atom stereocenters. The number of methoxy groups -OCH3 is 1. The fourth-order valence-corrected chi connectivity index (χ4v) is 2.78. The van der Waals surface area contributed by atoms with Gasteiger partial charge in [-0.3, -0.25) is 9.59 Å². The first kappa shape index (κ1) is 18.4. The molecule has 2 amide bonds. The lowest BCUT2D eigenvalue weighted by Gasteiger charge is -2.10. The van der Waals surface area contributed by atoms with Crippen LogP contribution in [0.25, 0.3) is 0 Å². The fourth-order valence-electron chi connectivity index (χ4n) is 2.78. The van der Waals surface area contributed by atoms with Crippen LogP contribution in [0.1, 0.15) is 34.1 Å². The van der Waals surface area contributed by atoms with Crippen LogP contribution in [-0.4, -0.2) is 30.0 Å². The van der Waals surface area contributed by atoms with Gasteiger partial charge in [-0.2, -0.15) is 0 Å². The van der Waals surface area contributed by atoms with Gasteiger partial charge in [-0.15, -0.1) is 0 Å². The highest BCUT2D eigenvalue weighted by Gasteiger charge is 2.39. The highest BCUT2D eigenvalue weighted by atomic mass is 16.5. The predicted molar refractivity (Wildman–Crippen MR) is 100 cm³/mol. The molecule has 7 nitrogen and oxygen atoms in total. The number of carboxylic acid groups (broad SMARTS) is 1. The largest absolute Gasteiger partial charge is 0.496 e. The Hall–Kier alpha value is -3.35. The van der Waals surface area contributed by atoms with Crippen LogP contribution in [0.2, 0.25) is 0 Å². The molecular formula is C20H20N2O5. The number of aromatic carboxylic acids is 1. The number of hydrogen-bond acceptors (Lipinski definition) is 4. The lowest BCUT2D eigenvalue weighted by atomic mass is 10.1. The molecule has 140 valence electrons. The Morgan fingerprint density at radius 3 is 2.22 bits per heavy atom. The maximum absolute atomic E-state index is 12.4. The van der Waals surface area contributed by atoms with Crippen LogP contribution in [0, 0.1) is 11.8 Å². The van der Waals surface area contributed by atoms with Crippen molar-refractivity contribution < 1.29 is 24.2 Å². The number of hydrogen-bond donors (Lipinski definition) is 3. The number of ether oxygens (including phenoxy) is 1. The van der Waals surface area contributed by atoms with E-state index in [9.17, 15) is 14.4 Å². The molecule has 2 aromatic carbocycles. The minimum Gasteiger partial charge on any atom is -0.496 e. The molecule has 7 heteroatoms. The van der Waals surface area contributed by atoms with Crippen LogP contribution >= 0.6 is 0 Å². The van der Waals surface area contributed by atoms with Crippen molar-refractivity contribution in [2.75, 3.05) is 17.7 Å². The molecule has 0 aliphatic heterocycles. The van der Waals surface area contributed by atoms with E-state index in [-0.39, 0.29) is 29.0 Å². The molecule has 0 aromatic heterocycles. The molecule has 1 aliphatic carbocycles. The molecule has 1 aliphatic rings. The second-order valence-electron chi connectivity index (χ2n) is 6.56. The minimum absolute atomic E-state index is 0.00492. The number of anilines is 2. The van der Waals surface area contributed by atoms with Crippen molar-refractivity contribution in [3.8, 4) is 5.75 Å². The van der Waals surface area contributed by atoms with Gasteiger partial charge in [-0.05, 0) is 48.7 Å². The summed E-state index contributed by atoms with van der Waals surface area (Å²) in [7, 11) is 1.36. The van der Waals surface area contributed by atoms with Gasteiger partial charge in [-0.25, -0.2) is 4.79 Å². The Kier molecular flexibility index (Phi) is 5.12. The van der Waals surface area contributed by atoms with Crippen molar-refractivity contribution in [1.29, 1.82) is 0 Å². The Bertz CT molecular complexity index is 892. The first-order valence-corrected chi connectivity index (χ1v) is 8.52. The summed E-state index contributed by atoms with van der Waals surface area (Å²) in [6.45, 7) is 2.04. The van der Waals surface area contributed by atoms with Crippen LogP contribution < -0.4 is 15.4 Å². The first-order chi connectivity index (χ1) is 12.9. The topological polar surface area (TPSA) is 105 Å². The molecule has 1 saturated carbocycles. The van der Waals surface area contributed by atoms with E-state index in [2.05, 4.69) is 10.6 Å². The van der Waals surface area contributed by atoms with E-state index in [4.69, 9.17) is 9.84 Å². The lowest BCUT2D eigenvalue weighted by Crippen LogP contribution is -2.15. The minimum atomic E-state index is -1.11. The Morgan fingerprint density at radius 2 is 1.67 bits per heavy atom. The van der Waals surface area contributed by atoms with Gasteiger partial charge < -0.3 is 20.5 Å². The number of rotatable bonds is 6. The second kappa shape index (κ2) is 7.49. The van der Waals surface area contributed by atoms with Crippen molar-refractivity contribution in [2.45, 2.75) is 13.3 Å². The van der Waals surface area contributed by atoms with Crippen molar-refractivity contribution >= 4 is 29.2 Å². The van der Waals surface area contributed by atoms with Gasteiger partial charge in [0.25, 0.3) is 5.91 Å². The van der Waals surface area contributed by atoms with Gasteiger partial charge >= 0.3 is 5.97 Å². The highest BCUT2D eigenvalue weighted by molar-refractivity contribution is 6.05. The standard InChI is InChI=1S/C20H20N2O5/c1-11-9-16(11)19(24)21-13-5-3-12(4-6-13)18(23)22-14-7-8-15(20(25)26)17(10-14)27-2/h3-8,10-11,16H,9H2,1-2H3,(H,21,24)(H,22,23)(H,25,26). The zero-order valence-electron chi connectivity index (χ0n) is 15.0. The van der Waals surface area contributed by atoms with Crippen molar-refractivity contribution in [2.24, 2.45) is 11.8 Å². The summed E-state index contributed by atoms with van der Waals surface area (Å²) in [5.74, 6) is -0.786. The molecule has 3 rings (SSSR count). The number of amides is 2. The van der Waals surface area contributed by atoms with Gasteiger partial charge in [0.2, 0.25) is 5.91 Å². The second-order valence-corrected chi connectivity index (χ2v) is 6.56. The van der Waals surface area contributed by atoms with E-state index >= 15 is 0 Å². The highest BCUT2D eigenvalue weighted by Crippen LogP contribution is 2.38. The summed E-state index contributed by atoms with van der Waals surface area (Å²) in [6.07, 6.45) is 0.913. The van der Waals surface area contributed by atoms with Gasteiger partial charge in [0, 0.05) is 28.9 Å². The molecule has 2 aromatic rings. The van der Waals surface area contributed by atoms with Crippen LogP contribution in [0.5, 0.6) is 5.75 Å². The summed E-state index contributed by atoms with van der Waals surface area (Å²) >= 11 is 0. The van der Waals surface area contributed by atoms with E-state index in [0.717, 1.165) is 6.42 Å². The van der Waals surface area contributed by atoms with Crippen LogP contribution in [0.3, 0.4) is 0 Å². The summed E-state index contributed by atoms with van der Waals surface area (Å²) in [5, 5.41) is 14.6. The monoisotopic (exact) mass is 368 g/mol. The molecule has 1 fully saturated rings. The molecule has 0 saturated heterocycles. The van der Waals surface area contributed by atoms with E-state index < -0.39 is 5.97 Å². The number of carbonyl (C=O) groups excluding carboxylic acids is 2. The third kappa shape index (κ3) is 4.25. The van der Waals surface area contributed by atoms with Gasteiger partial charge in [0.1, 0.15) is 11.3 Å². The van der Waals surface area contributed by atoms with Gasteiger partial charge in [0.15, 0.2) is 0 Å². The summed E-state index contributed by atoms with van der Waals surface area (Å²) in [6, 6.07) is 10.9. The molecule has 0 radical (unpaired) electrons. The maximum atomic E-state index is 12.4. The van der Waals surface area contributed by atoms with Crippen LogP contribution in [-0.2, 0) is 4.79 Å². The lowest BCUT2D eigenvalue weighted by molar-refractivity contribution is -0.117. The summed E-state index contributed by atoms with van der Waals surface area (Å²) in [5.41, 5.74) is 1.49. The van der Waals surface area contributed by atoms with Crippen molar-refractivity contribution in [1.82, 2.24) is 0 Å². The third-order valence-electron chi connectivity index (χ3n) is 4.55. The van der Waals surface area contributed by atoms with E-state index in [1.165, 1.54) is 25.3 Å². The maximum Gasteiger partial charge on any atom is 0.339 e. The Labute approximate surface area is 156 Å². The molecular weight excluding hydrogens is 348 g/mol. The Balaban J connectivity index is 1.65. The number of carbonyl (C=O) groups is 3. The van der Waals surface area contributed by atoms with Crippen molar-refractivity contribution in [3.05, 3.63) is 53.6 Å². The quantitative estimate of drug-likeness (QED) is 0.726.